The molecule has 3 heterocycles. The molecule has 5 heteroatoms. The second-order valence-corrected chi connectivity index (χ2v) is 5.76. The van der Waals surface area contributed by atoms with Crippen LogP contribution in [0.15, 0.2) is 12.1 Å². The average Bonchev–Trinajstić information content (AvgIpc) is 2.39. The molecule has 0 saturated carbocycles. The first-order chi connectivity index (χ1) is 8.67. The molecule has 0 aromatic carbocycles. The highest BCUT2D eigenvalue weighted by Gasteiger charge is 2.29. The lowest BCUT2D eigenvalue weighted by molar-refractivity contribution is 0.122. The molecule has 0 atom stereocenters. The molecule has 0 aliphatic carbocycles. The van der Waals surface area contributed by atoms with Gasteiger partial charge in [0.05, 0.1) is 18.9 Å². The molecule has 0 amide bonds. The third kappa shape index (κ3) is 2.86. The third-order valence-electron chi connectivity index (χ3n) is 3.82. The molecule has 1 aromatic heterocycles. The molecule has 0 unspecified atom stereocenters. The Bertz CT molecular complexity index is 444. The fraction of sp³-hybridized carbons (Fsp3) is 0.643. The lowest BCUT2D eigenvalue weighted by atomic mass is 9.83. The van der Waals surface area contributed by atoms with E-state index in [1.165, 1.54) is 11.3 Å². The van der Waals surface area contributed by atoms with Gasteiger partial charge in [0, 0.05) is 31.6 Å². The first-order valence-corrected chi connectivity index (χ1v) is 6.71. The quantitative estimate of drug-likeness (QED) is 0.852. The Kier molecular flexibility index (Phi) is 4.33. The van der Waals surface area contributed by atoms with Gasteiger partial charge in [0.25, 0.3) is 0 Å². The molecule has 2 aliphatic rings. The maximum absolute atomic E-state index is 5.40. The second-order valence-electron chi connectivity index (χ2n) is 5.76. The van der Waals surface area contributed by atoms with Crippen LogP contribution in [-0.4, -0.2) is 37.8 Å². The summed E-state index contributed by atoms with van der Waals surface area (Å²) in [4.78, 5) is 7.24. The van der Waals surface area contributed by atoms with Crippen LogP contribution in [0.5, 0.6) is 0 Å². The van der Waals surface area contributed by atoms with Crippen molar-refractivity contribution < 1.29 is 4.74 Å². The largest absolute Gasteiger partial charge is 0.378 e. The molecule has 0 spiro atoms. The van der Waals surface area contributed by atoms with E-state index in [0.29, 0.717) is 0 Å². The normalized spacial score (nSPS) is 21.5. The van der Waals surface area contributed by atoms with Crippen molar-refractivity contribution in [3.8, 4) is 0 Å². The van der Waals surface area contributed by atoms with Crippen LogP contribution in [0.2, 0.25) is 0 Å². The van der Waals surface area contributed by atoms with E-state index in [2.05, 4.69) is 36.2 Å². The van der Waals surface area contributed by atoms with Crippen LogP contribution in [0, 0.1) is 0 Å². The Morgan fingerprint density at radius 2 is 2.00 bits per heavy atom. The van der Waals surface area contributed by atoms with Crippen molar-refractivity contribution in [3.05, 3.63) is 23.4 Å². The summed E-state index contributed by atoms with van der Waals surface area (Å²) in [6, 6.07) is 4.37. The van der Waals surface area contributed by atoms with Crippen molar-refractivity contribution in [1.29, 1.82) is 0 Å². The van der Waals surface area contributed by atoms with Gasteiger partial charge in [-0.2, -0.15) is 0 Å². The van der Waals surface area contributed by atoms with Crippen LogP contribution in [-0.2, 0) is 16.7 Å². The van der Waals surface area contributed by atoms with Gasteiger partial charge in [-0.1, -0.05) is 19.9 Å². The Morgan fingerprint density at radius 3 is 2.74 bits per heavy atom. The summed E-state index contributed by atoms with van der Waals surface area (Å²) in [6.07, 6.45) is 0. The van der Waals surface area contributed by atoms with E-state index in [1.807, 2.05) is 0 Å². The van der Waals surface area contributed by atoms with Crippen LogP contribution in [0.4, 0.5) is 5.82 Å². The molecule has 1 fully saturated rings. The van der Waals surface area contributed by atoms with Crippen molar-refractivity contribution in [1.82, 2.24) is 10.3 Å². The van der Waals surface area contributed by atoms with Gasteiger partial charge in [-0.15, -0.1) is 12.4 Å². The molecule has 3 rings (SSSR count). The number of pyridine rings is 1. The number of nitrogens with zero attached hydrogens (tertiary/aromatic N) is 2. The second kappa shape index (κ2) is 5.65. The molecule has 0 radical (unpaired) electrons. The summed E-state index contributed by atoms with van der Waals surface area (Å²) in [5.74, 6) is 1.10. The number of ether oxygens (including phenoxy) is 1. The lowest BCUT2D eigenvalue weighted by Gasteiger charge is -2.34. The highest BCUT2D eigenvalue weighted by atomic mass is 35.5. The van der Waals surface area contributed by atoms with Crippen LogP contribution in [0.3, 0.4) is 0 Å². The standard InChI is InChI=1S/C14H21N3O.ClH/c1-14(2)10-15-9-11-3-4-12(16-13(11)14)17-5-7-18-8-6-17;/h3-4,15H,5-10H2,1-2H3;1H. The zero-order valence-corrected chi connectivity index (χ0v) is 12.4. The van der Waals surface area contributed by atoms with Crippen LogP contribution < -0.4 is 10.2 Å². The lowest BCUT2D eigenvalue weighted by Crippen LogP contribution is -2.41. The minimum Gasteiger partial charge on any atom is -0.378 e. The number of anilines is 1. The summed E-state index contributed by atoms with van der Waals surface area (Å²) >= 11 is 0. The van der Waals surface area contributed by atoms with E-state index in [-0.39, 0.29) is 17.8 Å². The van der Waals surface area contributed by atoms with Gasteiger partial charge in [0.2, 0.25) is 0 Å². The fourth-order valence-electron chi connectivity index (χ4n) is 2.77. The van der Waals surface area contributed by atoms with Crippen LogP contribution >= 0.6 is 12.4 Å². The number of hydrogen-bond acceptors (Lipinski definition) is 4. The number of morpholine rings is 1. The van der Waals surface area contributed by atoms with Gasteiger partial charge in [-0.25, -0.2) is 4.98 Å². The molecule has 4 nitrogen and oxygen atoms in total. The van der Waals surface area contributed by atoms with Gasteiger partial charge >= 0.3 is 0 Å². The summed E-state index contributed by atoms with van der Waals surface area (Å²) < 4.78 is 5.40. The maximum atomic E-state index is 5.40. The van der Waals surface area contributed by atoms with Crippen molar-refractivity contribution in [2.45, 2.75) is 25.8 Å². The minimum atomic E-state index is 0. The van der Waals surface area contributed by atoms with E-state index < -0.39 is 0 Å². The minimum absolute atomic E-state index is 0. The molecule has 1 N–H and O–H groups in total. The number of rotatable bonds is 1. The summed E-state index contributed by atoms with van der Waals surface area (Å²) in [5, 5.41) is 3.46. The zero-order chi connectivity index (χ0) is 12.6. The van der Waals surface area contributed by atoms with Crippen molar-refractivity contribution >= 4 is 18.2 Å². The molecular formula is C14H22ClN3O. The molecule has 1 aromatic rings. The third-order valence-corrected chi connectivity index (χ3v) is 3.82. The topological polar surface area (TPSA) is 37.4 Å². The summed E-state index contributed by atoms with van der Waals surface area (Å²) in [6.45, 7) is 9.97. The van der Waals surface area contributed by atoms with Gasteiger partial charge in [0.1, 0.15) is 5.82 Å². The van der Waals surface area contributed by atoms with E-state index in [0.717, 1.165) is 45.2 Å². The number of hydrogen-bond donors (Lipinski definition) is 1. The van der Waals surface area contributed by atoms with E-state index in [9.17, 15) is 0 Å². The Balaban J connectivity index is 0.00000133. The van der Waals surface area contributed by atoms with Gasteiger partial charge in [-0.3, -0.25) is 0 Å². The fourth-order valence-corrected chi connectivity index (χ4v) is 2.77. The first kappa shape index (κ1) is 14.6. The van der Waals surface area contributed by atoms with Gasteiger partial charge in [-0.05, 0) is 11.6 Å². The predicted molar refractivity (Wildman–Crippen MR) is 79.2 cm³/mol. The van der Waals surface area contributed by atoms with E-state index in [1.54, 1.807) is 0 Å². The molecular weight excluding hydrogens is 262 g/mol. The Hall–Kier alpha value is -0.840. The zero-order valence-electron chi connectivity index (χ0n) is 11.6. The van der Waals surface area contributed by atoms with Crippen molar-refractivity contribution in [2.75, 3.05) is 37.7 Å². The number of fused-ring (bicyclic) bond motifs is 1. The number of halogens is 1. The van der Waals surface area contributed by atoms with Crippen LogP contribution in [0.1, 0.15) is 25.1 Å². The van der Waals surface area contributed by atoms with Crippen LogP contribution in [0.25, 0.3) is 0 Å². The predicted octanol–water partition coefficient (Wildman–Crippen LogP) is 1.72. The first-order valence-electron chi connectivity index (χ1n) is 6.71. The monoisotopic (exact) mass is 283 g/mol. The summed E-state index contributed by atoms with van der Waals surface area (Å²) in [5.41, 5.74) is 2.71. The van der Waals surface area contributed by atoms with E-state index in [4.69, 9.17) is 9.72 Å². The SMILES string of the molecule is CC1(C)CNCc2ccc(N3CCOCC3)nc21.Cl. The van der Waals surface area contributed by atoms with Crippen molar-refractivity contribution in [2.24, 2.45) is 0 Å². The highest BCUT2D eigenvalue weighted by molar-refractivity contribution is 5.85. The smallest absolute Gasteiger partial charge is 0.129 e. The molecule has 2 aliphatic heterocycles. The van der Waals surface area contributed by atoms with Crippen molar-refractivity contribution in [3.63, 3.8) is 0 Å². The molecule has 1 saturated heterocycles. The van der Waals surface area contributed by atoms with Gasteiger partial charge < -0.3 is 15.0 Å². The average molecular weight is 284 g/mol. The molecule has 19 heavy (non-hydrogen) atoms. The highest BCUT2D eigenvalue weighted by Crippen LogP contribution is 2.29. The Morgan fingerprint density at radius 1 is 1.26 bits per heavy atom. The summed E-state index contributed by atoms with van der Waals surface area (Å²) in [7, 11) is 0. The maximum Gasteiger partial charge on any atom is 0.129 e. The molecule has 106 valence electrons. The van der Waals surface area contributed by atoms with Gasteiger partial charge in [0.15, 0.2) is 0 Å². The number of aromatic nitrogens is 1. The Labute approximate surface area is 121 Å². The molecule has 0 bridgehead atoms. The van der Waals surface area contributed by atoms with E-state index >= 15 is 0 Å². The number of nitrogens with one attached hydrogen (secondary N) is 1.